The van der Waals surface area contributed by atoms with Crippen LogP contribution in [0, 0.1) is 0 Å². The Balaban J connectivity index is 1.58. The predicted molar refractivity (Wildman–Crippen MR) is 107 cm³/mol. The molecule has 144 valence electrons. The summed E-state index contributed by atoms with van der Waals surface area (Å²) in [5.74, 6) is 0.584. The van der Waals surface area contributed by atoms with Gasteiger partial charge in [-0.3, -0.25) is 4.90 Å². The first-order chi connectivity index (χ1) is 12.6. The molecule has 2 fully saturated rings. The van der Waals surface area contributed by atoms with Crippen LogP contribution in [0.2, 0.25) is 0 Å². The number of hydrogen-bond acceptors (Lipinski definition) is 3. The molecule has 0 bridgehead atoms. The van der Waals surface area contributed by atoms with Gasteiger partial charge in [0.1, 0.15) is 0 Å². The number of nitrogens with zero attached hydrogens (tertiary/aromatic N) is 2. The van der Waals surface area contributed by atoms with E-state index >= 15 is 0 Å². The van der Waals surface area contributed by atoms with Crippen molar-refractivity contribution < 1.29 is 4.74 Å². The van der Waals surface area contributed by atoms with Gasteiger partial charge in [-0.2, -0.15) is 0 Å². The molecule has 2 aliphatic rings. The van der Waals surface area contributed by atoms with E-state index in [-0.39, 0.29) is 0 Å². The molecular formula is C21H34N4O. The minimum Gasteiger partial charge on any atom is -0.373 e. The summed E-state index contributed by atoms with van der Waals surface area (Å²) in [6.07, 6.45) is 6.94. The van der Waals surface area contributed by atoms with Gasteiger partial charge in [0.25, 0.3) is 0 Å². The first-order valence-corrected chi connectivity index (χ1v) is 10.1. The molecule has 0 spiro atoms. The number of benzene rings is 1. The van der Waals surface area contributed by atoms with Gasteiger partial charge in [-0.25, -0.2) is 4.99 Å². The van der Waals surface area contributed by atoms with Gasteiger partial charge in [0.15, 0.2) is 5.96 Å². The third-order valence-corrected chi connectivity index (χ3v) is 5.38. The lowest BCUT2D eigenvalue weighted by molar-refractivity contribution is -0.0705. The van der Waals surface area contributed by atoms with Crippen LogP contribution in [0.3, 0.4) is 0 Å². The lowest BCUT2D eigenvalue weighted by atomic mass is 9.96. The third kappa shape index (κ3) is 5.71. The van der Waals surface area contributed by atoms with Crippen molar-refractivity contribution >= 4 is 5.96 Å². The zero-order valence-corrected chi connectivity index (χ0v) is 16.3. The fraction of sp³-hybridized carbons (Fsp3) is 0.667. The monoisotopic (exact) mass is 358 g/mol. The molecule has 1 aliphatic heterocycles. The summed E-state index contributed by atoms with van der Waals surface area (Å²) in [5, 5.41) is 3.40. The third-order valence-electron chi connectivity index (χ3n) is 5.38. The van der Waals surface area contributed by atoms with E-state index in [9.17, 15) is 0 Å². The number of hydrogen-bond donors (Lipinski definition) is 2. The van der Waals surface area contributed by atoms with E-state index in [0.29, 0.717) is 30.8 Å². The average Bonchev–Trinajstić information content (AvgIpc) is 2.61. The summed E-state index contributed by atoms with van der Waals surface area (Å²) >= 11 is 0. The molecule has 1 aromatic carbocycles. The number of rotatable bonds is 5. The van der Waals surface area contributed by atoms with Gasteiger partial charge < -0.3 is 15.8 Å². The van der Waals surface area contributed by atoms with Crippen LogP contribution in [0.25, 0.3) is 0 Å². The lowest BCUT2D eigenvalue weighted by Gasteiger charge is -2.35. The van der Waals surface area contributed by atoms with E-state index < -0.39 is 0 Å². The molecule has 1 aromatic rings. The number of ether oxygens (including phenoxy) is 1. The van der Waals surface area contributed by atoms with Gasteiger partial charge in [0, 0.05) is 25.7 Å². The molecule has 3 rings (SSSR count). The van der Waals surface area contributed by atoms with Gasteiger partial charge in [-0.15, -0.1) is 0 Å². The highest BCUT2D eigenvalue weighted by Crippen LogP contribution is 2.18. The second-order valence-corrected chi connectivity index (χ2v) is 7.90. The van der Waals surface area contributed by atoms with Crippen LogP contribution in [0.4, 0.5) is 0 Å². The number of morpholine rings is 1. The average molecular weight is 359 g/mol. The summed E-state index contributed by atoms with van der Waals surface area (Å²) in [4.78, 5) is 7.09. The van der Waals surface area contributed by atoms with Crippen LogP contribution in [0.5, 0.6) is 0 Å². The highest BCUT2D eigenvalue weighted by Gasteiger charge is 2.22. The molecule has 3 N–H and O–H groups in total. The van der Waals surface area contributed by atoms with Crippen molar-refractivity contribution in [3.8, 4) is 0 Å². The molecule has 1 aliphatic carbocycles. The first kappa shape index (κ1) is 19.2. The molecule has 2 unspecified atom stereocenters. The van der Waals surface area contributed by atoms with Crippen LogP contribution < -0.4 is 11.1 Å². The highest BCUT2D eigenvalue weighted by atomic mass is 16.5. The Morgan fingerprint density at radius 1 is 1.12 bits per heavy atom. The van der Waals surface area contributed by atoms with Crippen molar-refractivity contribution in [1.29, 1.82) is 0 Å². The Morgan fingerprint density at radius 2 is 1.77 bits per heavy atom. The van der Waals surface area contributed by atoms with Gasteiger partial charge in [0.05, 0.1) is 18.8 Å². The molecule has 5 nitrogen and oxygen atoms in total. The summed E-state index contributed by atoms with van der Waals surface area (Å²) < 4.78 is 5.85. The van der Waals surface area contributed by atoms with Crippen LogP contribution in [0.15, 0.2) is 29.3 Å². The van der Waals surface area contributed by atoms with Crippen LogP contribution >= 0.6 is 0 Å². The smallest absolute Gasteiger partial charge is 0.189 e. The van der Waals surface area contributed by atoms with E-state index in [1.54, 1.807) is 0 Å². The van der Waals surface area contributed by atoms with E-state index in [1.807, 2.05) is 0 Å². The molecule has 1 saturated carbocycles. The predicted octanol–water partition coefficient (Wildman–Crippen LogP) is 3.03. The molecule has 0 radical (unpaired) electrons. The quantitative estimate of drug-likeness (QED) is 0.627. The second kappa shape index (κ2) is 9.38. The second-order valence-electron chi connectivity index (χ2n) is 7.90. The zero-order chi connectivity index (χ0) is 18.4. The van der Waals surface area contributed by atoms with Crippen molar-refractivity contribution in [3.05, 3.63) is 35.4 Å². The summed E-state index contributed by atoms with van der Waals surface area (Å²) in [6, 6.07) is 9.07. The Bertz CT molecular complexity index is 587. The SMILES string of the molecule is CC1CN(Cc2ccccc2CN=C(N)NC2CCCCC2)CC(C)O1. The summed E-state index contributed by atoms with van der Waals surface area (Å²) in [7, 11) is 0. The number of guanidine groups is 1. The summed E-state index contributed by atoms with van der Waals surface area (Å²) in [6.45, 7) is 7.84. The Labute approximate surface area is 158 Å². The highest BCUT2D eigenvalue weighted by molar-refractivity contribution is 5.78. The Kier molecular flexibility index (Phi) is 6.92. The van der Waals surface area contributed by atoms with E-state index in [2.05, 4.69) is 53.3 Å². The Hall–Kier alpha value is -1.59. The minimum absolute atomic E-state index is 0.291. The van der Waals surface area contributed by atoms with Crippen LogP contribution in [0.1, 0.15) is 57.1 Å². The molecule has 0 amide bonds. The number of nitrogens with two attached hydrogens (primary N) is 1. The largest absolute Gasteiger partial charge is 0.373 e. The molecule has 5 heteroatoms. The maximum atomic E-state index is 6.14. The normalized spacial score (nSPS) is 26.0. The molecule has 26 heavy (non-hydrogen) atoms. The molecule has 0 aromatic heterocycles. The van der Waals surface area contributed by atoms with Gasteiger partial charge in [0.2, 0.25) is 0 Å². The lowest BCUT2D eigenvalue weighted by Crippen LogP contribution is -2.44. The minimum atomic E-state index is 0.291. The van der Waals surface area contributed by atoms with Crippen LogP contribution in [-0.4, -0.2) is 42.2 Å². The number of aliphatic imine (C=N–C) groups is 1. The topological polar surface area (TPSA) is 62.9 Å². The number of nitrogens with one attached hydrogen (secondary N) is 1. The van der Waals surface area contributed by atoms with Crippen molar-refractivity contribution in [2.45, 2.75) is 77.3 Å². The van der Waals surface area contributed by atoms with Crippen LogP contribution in [-0.2, 0) is 17.8 Å². The maximum absolute atomic E-state index is 6.14. The van der Waals surface area contributed by atoms with E-state index in [0.717, 1.165) is 19.6 Å². The van der Waals surface area contributed by atoms with Gasteiger partial charge >= 0.3 is 0 Å². The molecular weight excluding hydrogens is 324 g/mol. The van der Waals surface area contributed by atoms with E-state index in [4.69, 9.17) is 10.5 Å². The zero-order valence-electron chi connectivity index (χ0n) is 16.3. The van der Waals surface area contributed by atoms with Crippen molar-refractivity contribution in [3.63, 3.8) is 0 Å². The fourth-order valence-electron chi connectivity index (χ4n) is 4.19. The molecule has 1 saturated heterocycles. The Morgan fingerprint density at radius 3 is 2.46 bits per heavy atom. The standard InChI is InChI=1S/C21H34N4O/c1-16-13-25(14-17(2)26-16)15-19-9-7-6-8-18(19)12-23-21(22)24-20-10-4-3-5-11-20/h6-9,16-17,20H,3-5,10-15H2,1-2H3,(H3,22,23,24). The van der Waals surface area contributed by atoms with Gasteiger partial charge in [-0.1, -0.05) is 43.5 Å². The van der Waals surface area contributed by atoms with Crippen molar-refractivity contribution in [1.82, 2.24) is 10.2 Å². The maximum Gasteiger partial charge on any atom is 0.189 e. The fourth-order valence-corrected chi connectivity index (χ4v) is 4.19. The van der Waals surface area contributed by atoms with Gasteiger partial charge in [-0.05, 0) is 37.8 Å². The molecule has 1 heterocycles. The van der Waals surface area contributed by atoms with Crippen molar-refractivity contribution in [2.24, 2.45) is 10.7 Å². The summed E-state index contributed by atoms with van der Waals surface area (Å²) in [5.41, 5.74) is 8.73. The first-order valence-electron chi connectivity index (χ1n) is 10.1. The molecule has 2 atom stereocenters. The van der Waals surface area contributed by atoms with Crippen molar-refractivity contribution in [2.75, 3.05) is 13.1 Å². The van der Waals surface area contributed by atoms with E-state index in [1.165, 1.54) is 43.2 Å².